The number of aliphatic imine (C=N–C) groups is 1. The van der Waals surface area contributed by atoms with Crippen molar-refractivity contribution in [3.63, 3.8) is 0 Å². The molecule has 156 valence electrons. The average molecular weight is 538 g/mol. The number of aromatic nitrogens is 2. The van der Waals surface area contributed by atoms with E-state index >= 15 is 0 Å². The van der Waals surface area contributed by atoms with E-state index in [1.54, 1.807) is 6.20 Å². The predicted octanol–water partition coefficient (Wildman–Crippen LogP) is 0.205. The molecule has 4 heterocycles. The van der Waals surface area contributed by atoms with E-state index in [1.807, 2.05) is 22.6 Å². The first-order valence-corrected chi connectivity index (χ1v) is 10.9. The third-order valence-corrected chi connectivity index (χ3v) is 6.15. The lowest BCUT2D eigenvalue weighted by atomic mass is 9.96. The van der Waals surface area contributed by atoms with Crippen molar-refractivity contribution in [2.75, 3.05) is 11.9 Å². The summed E-state index contributed by atoms with van der Waals surface area (Å²) in [5.74, 6) is 0.625. The molecule has 1 fully saturated rings. The van der Waals surface area contributed by atoms with E-state index in [-0.39, 0.29) is 5.82 Å². The summed E-state index contributed by atoms with van der Waals surface area (Å²) < 4.78 is 23.2. The quantitative estimate of drug-likeness (QED) is 0.267. The highest BCUT2D eigenvalue weighted by molar-refractivity contribution is 14.1. The number of anilines is 1. The standard InChI is InChI=1S/C15H16IN4O8P/c1-15(23)11(22)8(4-27-29(24,25)26)28-14(15)20-3-6-7(16)2-9(21)19-12-10(6)13(20)18-5-17-12/h2-3,5,8,11,14,22-23H,4H2,1H3,(H2,24,25,26)(H,17,18,19,21)/t8-,11-,14-,15-/m1/s1. The van der Waals surface area contributed by atoms with Gasteiger partial charge in [-0.25, -0.2) is 9.56 Å². The van der Waals surface area contributed by atoms with Crippen molar-refractivity contribution < 1.29 is 33.8 Å². The lowest BCUT2D eigenvalue weighted by Gasteiger charge is -2.28. The molecule has 4 atom stereocenters. The van der Waals surface area contributed by atoms with Crippen molar-refractivity contribution in [2.45, 2.75) is 31.0 Å². The van der Waals surface area contributed by atoms with Crippen molar-refractivity contribution >= 4 is 59.2 Å². The number of aliphatic hydroxyl groups excluding tert-OH is 1. The number of nitrogens with one attached hydrogen (secondary N) is 1. The molecule has 0 saturated carbocycles. The van der Waals surface area contributed by atoms with Gasteiger partial charge in [0.25, 0.3) is 5.56 Å². The Bertz CT molecular complexity index is 1130. The Morgan fingerprint density at radius 2 is 2.21 bits per heavy atom. The summed E-state index contributed by atoms with van der Waals surface area (Å²) in [6.45, 7) is 0.708. The Hall–Kier alpha value is -1.45. The van der Waals surface area contributed by atoms with Crippen molar-refractivity contribution in [3.05, 3.63) is 26.2 Å². The second-order valence-corrected chi connectivity index (χ2v) is 9.23. The first-order chi connectivity index (χ1) is 13.5. The minimum Gasteiger partial charge on any atom is -0.387 e. The number of hydrogen-bond acceptors (Lipinski definition) is 9. The largest absolute Gasteiger partial charge is 0.469 e. The van der Waals surface area contributed by atoms with Crippen LogP contribution in [-0.2, 0) is 13.8 Å². The molecular weight excluding hydrogens is 522 g/mol. The molecule has 14 heteroatoms. The molecule has 29 heavy (non-hydrogen) atoms. The molecule has 0 spiro atoms. The van der Waals surface area contributed by atoms with Crippen molar-refractivity contribution in [1.82, 2.24) is 9.55 Å². The average Bonchev–Trinajstić information content (AvgIpc) is 3.05. The number of aliphatic hydroxyl groups is 2. The van der Waals surface area contributed by atoms with E-state index in [2.05, 4.69) is 19.8 Å². The molecule has 1 saturated heterocycles. The highest BCUT2D eigenvalue weighted by Gasteiger charge is 2.54. The summed E-state index contributed by atoms with van der Waals surface area (Å²) in [4.78, 5) is 38.0. The fraction of sp³-hybridized carbons (Fsp3) is 0.400. The van der Waals surface area contributed by atoms with E-state index in [1.165, 1.54) is 23.9 Å². The van der Waals surface area contributed by atoms with Gasteiger partial charge in [0.1, 0.15) is 29.4 Å². The van der Waals surface area contributed by atoms with Gasteiger partial charge in [-0.3, -0.25) is 9.32 Å². The molecule has 12 nitrogen and oxygen atoms in total. The van der Waals surface area contributed by atoms with Crippen molar-refractivity contribution in [3.8, 4) is 0 Å². The molecular formula is C15H16IN4O8P. The molecule has 0 aromatic carbocycles. The zero-order valence-electron chi connectivity index (χ0n) is 14.8. The molecule has 4 rings (SSSR count). The van der Waals surface area contributed by atoms with E-state index in [0.29, 0.717) is 20.2 Å². The van der Waals surface area contributed by atoms with Gasteiger partial charge in [-0.15, -0.1) is 0 Å². The van der Waals surface area contributed by atoms with Crippen LogP contribution in [0, 0.1) is 3.57 Å². The van der Waals surface area contributed by atoms with Gasteiger partial charge in [-0.2, -0.15) is 4.98 Å². The van der Waals surface area contributed by atoms with E-state index < -0.39 is 44.0 Å². The Balaban J connectivity index is 1.81. The maximum atomic E-state index is 11.9. The Morgan fingerprint density at radius 1 is 1.48 bits per heavy atom. The maximum absolute atomic E-state index is 11.9. The first-order valence-electron chi connectivity index (χ1n) is 8.29. The van der Waals surface area contributed by atoms with Crippen LogP contribution in [0.1, 0.15) is 13.2 Å². The second-order valence-electron chi connectivity index (χ2n) is 6.83. The van der Waals surface area contributed by atoms with Crippen LogP contribution in [-0.4, -0.2) is 60.3 Å². The van der Waals surface area contributed by atoms with Gasteiger partial charge < -0.3 is 34.6 Å². The number of phosphoric ester groups is 1. The van der Waals surface area contributed by atoms with Gasteiger partial charge in [0.15, 0.2) is 6.23 Å². The predicted molar refractivity (Wildman–Crippen MR) is 109 cm³/mol. The molecule has 2 aliphatic heterocycles. The molecule has 0 radical (unpaired) electrons. The minimum atomic E-state index is -4.78. The van der Waals surface area contributed by atoms with Gasteiger partial charge in [0, 0.05) is 21.2 Å². The van der Waals surface area contributed by atoms with Gasteiger partial charge in [-0.05, 0) is 29.5 Å². The second kappa shape index (κ2) is 7.06. The van der Waals surface area contributed by atoms with Crippen molar-refractivity contribution in [2.24, 2.45) is 4.99 Å². The Labute approximate surface area is 176 Å². The van der Waals surface area contributed by atoms with Crippen LogP contribution < -0.4 is 10.9 Å². The van der Waals surface area contributed by atoms with Crippen molar-refractivity contribution in [1.29, 1.82) is 0 Å². The van der Waals surface area contributed by atoms with Gasteiger partial charge >= 0.3 is 7.82 Å². The Kier molecular flexibility index (Phi) is 5.07. The van der Waals surface area contributed by atoms with E-state index in [0.717, 1.165) is 0 Å². The SMILES string of the molecule is C[C@@]1(O)[C@H](O)[C@@H](COP(=O)(O)O)O[C@H]1n1cc2c(I)cc(=O)nc3c2c1N=CN3. The summed E-state index contributed by atoms with van der Waals surface area (Å²) >= 11 is 1.99. The zero-order chi connectivity index (χ0) is 21.1. The smallest absolute Gasteiger partial charge is 0.387 e. The minimum absolute atomic E-state index is 0.288. The number of halogens is 1. The summed E-state index contributed by atoms with van der Waals surface area (Å²) in [6, 6.07) is 1.35. The van der Waals surface area contributed by atoms with Gasteiger partial charge in [0.05, 0.1) is 18.3 Å². The summed E-state index contributed by atoms with van der Waals surface area (Å²) in [6.07, 6.45) is -0.905. The van der Waals surface area contributed by atoms with E-state index in [4.69, 9.17) is 14.5 Å². The van der Waals surface area contributed by atoms with Crippen LogP contribution in [0.3, 0.4) is 0 Å². The van der Waals surface area contributed by atoms with Crippen LogP contribution >= 0.6 is 30.4 Å². The molecule has 0 aliphatic carbocycles. The van der Waals surface area contributed by atoms with Gasteiger partial charge in [-0.1, -0.05) is 0 Å². The molecule has 0 unspecified atom stereocenters. The molecule has 2 aromatic rings. The number of ether oxygens (including phenoxy) is 1. The number of rotatable bonds is 4. The summed E-state index contributed by atoms with van der Waals surface area (Å²) in [5, 5.41) is 25.3. The van der Waals surface area contributed by atoms with E-state index in [9.17, 15) is 19.6 Å². The molecule has 5 N–H and O–H groups in total. The highest BCUT2D eigenvalue weighted by atomic mass is 127. The monoisotopic (exact) mass is 538 g/mol. The van der Waals surface area contributed by atoms with Crippen LogP contribution in [0.2, 0.25) is 0 Å². The highest BCUT2D eigenvalue weighted by Crippen LogP contribution is 2.46. The Morgan fingerprint density at radius 3 is 2.90 bits per heavy atom. The third-order valence-electron chi connectivity index (χ3n) is 4.77. The zero-order valence-corrected chi connectivity index (χ0v) is 17.8. The van der Waals surface area contributed by atoms with Crippen LogP contribution in [0.4, 0.5) is 11.6 Å². The van der Waals surface area contributed by atoms with Crippen LogP contribution in [0.15, 0.2) is 22.1 Å². The maximum Gasteiger partial charge on any atom is 0.469 e. The molecule has 0 bridgehead atoms. The topological polar surface area (TPSA) is 176 Å². The third kappa shape index (κ3) is 3.61. The number of phosphoric acid groups is 1. The van der Waals surface area contributed by atoms with Gasteiger partial charge in [0.2, 0.25) is 0 Å². The van der Waals surface area contributed by atoms with Crippen LogP contribution in [0.25, 0.3) is 10.8 Å². The molecule has 2 aromatic heterocycles. The number of nitrogens with zero attached hydrogens (tertiary/aromatic N) is 3. The fourth-order valence-corrected chi connectivity index (χ4v) is 4.45. The summed E-state index contributed by atoms with van der Waals surface area (Å²) in [7, 11) is -4.78. The normalized spacial score (nSPS) is 28.7. The molecule has 2 aliphatic rings. The van der Waals surface area contributed by atoms with Crippen LogP contribution in [0.5, 0.6) is 0 Å². The number of hydrogen-bond donors (Lipinski definition) is 5. The lowest BCUT2D eigenvalue weighted by Crippen LogP contribution is -2.44. The fourth-order valence-electron chi connectivity index (χ4n) is 3.43. The summed E-state index contributed by atoms with van der Waals surface area (Å²) in [5.41, 5.74) is -2.27. The molecule has 0 amide bonds. The first kappa shape index (κ1) is 20.8. The lowest BCUT2D eigenvalue weighted by molar-refractivity contribution is -0.0954.